The molecule has 1 aliphatic rings. The van der Waals surface area contributed by atoms with Gasteiger partial charge in [0.2, 0.25) is 5.95 Å². The maximum Gasteiger partial charge on any atom is 0.225 e. The van der Waals surface area contributed by atoms with Crippen molar-refractivity contribution in [1.82, 2.24) is 14.9 Å². The minimum atomic E-state index is 0.226. The minimum absolute atomic E-state index is 0.226. The molecule has 0 saturated carbocycles. The second-order valence-electron chi connectivity index (χ2n) is 7.09. The molecule has 1 fully saturated rings. The molecule has 1 aliphatic heterocycles. The van der Waals surface area contributed by atoms with Gasteiger partial charge in [-0.25, -0.2) is 9.97 Å². The lowest BCUT2D eigenvalue weighted by Gasteiger charge is -2.47. The molecule has 26 heavy (non-hydrogen) atoms. The number of phenolic OH excluding ortho intramolecular Hbond substituents is 1. The Bertz CT molecular complexity index is 738. The molecule has 0 aliphatic carbocycles. The Balaban J connectivity index is 1.74. The third kappa shape index (κ3) is 3.70. The summed E-state index contributed by atoms with van der Waals surface area (Å²) in [6.07, 6.45) is 5.07. The SMILES string of the molecule is CC(CC=O)N1C(C)CN(c2ncc(-c3ccccc3O)cn2)CC1C. The van der Waals surface area contributed by atoms with Crippen molar-refractivity contribution in [1.29, 1.82) is 0 Å². The van der Waals surface area contributed by atoms with Crippen LogP contribution in [0.3, 0.4) is 0 Å². The van der Waals surface area contributed by atoms with Gasteiger partial charge in [-0.1, -0.05) is 18.2 Å². The van der Waals surface area contributed by atoms with Gasteiger partial charge in [0.1, 0.15) is 12.0 Å². The summed E-state index contributed by atoms with van der Waals surface area (Å²) in [6.45, 7) is 8.11. The molecule has 3 unspecified atom stereocenters. The van der Waals surface area contributed by atoms with Crippen LogP contribution in [-0.2, 0) is 4.79 Å². The highest BCUT2D eigenvalue weighted by molar-refractivity contribution is 5.68. The summed E-state index contributed by atoms with van der Waals surface area (Å²) >= 11 is 0. The third-order valence-corrected chi connectivity index (χ3v) is 5.07. The van der Waals surface area contributed by atoms with E-state index in [-0.39, 0.29) is 11.8 Å². The lowest BCUT2D eigenvalue weighted by atomic mass is 10.0. The van der Waals surface area contributed by atoms with Crippen molar-refractivity contribution in [3.63, 3.8) is 0 Å². The predicted octanol–water partition coefficient (Wildman–Crippen LogP) is 2.73. The van der Waals surface area contributed by atoms with E-state index in [4.69, 9.17) is 0 Å². The number of benzene rings is 1. The first kappa shape index (κ1) is 18.3. The number of rotatable bonds is 5. The number of anilines is 1. The normalized spacial score (nSPS) is 22.2. The number of phenols is 1. The van der Waals surface area contributed by atoms with Crippen LogP contribution >= 0.6 is 0 Å². The van der Waals surface area contributed by atoms with Crippen molar-refractivity contribution in [2.45, 2.75) is 45.3 Å². The maximum absolute atomic E-state index is 10.9. The van der Waals surface area contributed by atoms with E-state index in [1.807, 2.05) is 12.1 Å². The number of nitrogens with zero attached hydrogens (tertiary/aromatic N) is 4. The van der Waals surface area contributed by atoms with Gasteiger partial charge < -0.3 is 14.8 Å². The zero-order valence-electron chi connectivity index (χ0n) is 15.5. The molecule has 0 spiro atoms. The molecular weight excluding hydrogens is 328 g/mol. The zero-order valence-corrected chi connectivity index (χ0v) is 15.5. The molecule has 138 valence electrons. The number of para-hydroxylation sites is 1. The van der Waals surface area contributed by atoms with Crippen molar-refractivity contribution >= 4 is 12.2 Å². The molecular formula is C20H26N4O2. The summed E-state index contributed by atoms with van der Waals surface area (Å²) < 4.78 is 0. The molecule has 1 aromatic carbocycles. The fourth-order valence-electron chi connectivity index (χ4n) is 3.97. The van der Waals surface area contributed by atoms with Gasteiger partial charge >= 0.3 is 0 Å². The van der Waals surface area contributed by atoms with Crippen LogP contribution in [0, 0.1) is 0 Å². The number of hydrogen-bond acceptors (Lipinski definition) is 6. The maximum atomic E-state index is 10.9. The number of carbonyl (C=O) groups excluding carboxylic acids is 1. The van der Waals surface area contributed by atoms with Crippen molar-refractivity contribution in [3.05, 3.63) is 36.7 Å². The quantitative estimate of drug-likeness (QED) is 0.833. The van der Waals surface area contributed by atoms with Crippen molar-refractivity contribution in [2.24, 2.45) is 0 Å². The van der Waals surface area contributed by atoms with Crippen molar-refractivity contribution < 1.29 is 9.90 Å². The fourth-order valence-corrected chi connectivity index (χ4v) is 3.97. The Hall–Kier alpha value is -2.47. The summed E-state index contributed by atoms with van der Waals surface area (Å²) in [5.41, 5.74) is 1.53. The van der Waals surface area contributed by atoms with Gasteiger partial charge in [0.25, 0.3) is 0 Å². The summed E-state index contributed by atoms with van der Waals surface area (Å²) in [4.78, 5) is 24.5. The number of aromatic nitrogens is 2. The second-order valence-corrected chi connectivity index (χ2v) is 7.09. The molecule has 0 bridgehead atoms. The Morgan fingerprint density at radius 1 is 1.19 bits per heavy atom. The number of hydrogen-bond donors (Lipinski definition) is 1. The summed E-state index contributed by atoms with van der Waals surface area (Å²) in [5, 5.41) is 9.98. The van der Waals surface area contributed by atoms with Gasteiger partial charge in [0.15, 0.2) is 0 Å². The average Bonchev–Trinajstić information content (AvgIpc) is 2.62. The second kappa shape index (κ2) is 7.83. The van der Waals surface area contributed by atoms with Crippen LogP contribution in [0.2, 0.25) is 0 Å². The van der Waals surface area contributed by atoms with E-state index in [0.717, 1.165) is 30.5 Å². The first-order valence-corrected chi connectivity index (χ1v) is 9.07. The molecule has 2 heterocycles. The number of piperazine rings is 1. The summed E-state index contributed by atoms with van der Waals surface area (Å²) in [7, 11) is 0. The molecule has 1 aromatic heterocycles. The van der Waals surface area contributed by atoms with E-state index < -0.39 is 0 Å². The fraction of sp³-hybridized carbons (Fsp3) is 0.450. The van der Waals surface area contributed by atoms with Crippen molar-refractivity contribution in [2.75, 3.05) is 18.0 Å². The smallest absolute Gasteiger partial charge is 0.225 e. The molecule has 3 atom stereocenters. The molecule has 1 N–H and O–H groups in total. The molecule has 0 amide bonds. The van der Waals surface area contributed by atoms with Crippen LogP contribution < -0.4 is 4.90 Å². The van der Waals surface area contributed by atoms with Gasteiger partial charge in [-0.2, -0.15) is 0 Å². The lowest BCUT2D eigenvalue weighted by molar-refractivity contribution is -0.109. The number of aldehydes is 1. The topological polar surface area (TPSA) is 69.6 Å². The van der Waals surface area contributed by atoms with Crippen LogP contribution in [0.15, 0.2) is 36.7 Å². The predicted molar refractivity (Wildman–Crippen MR) is 102 cm³/mol. The van der Waals surface area contributed by atoms with Gasteiger partial charge in [0.05, 0.1) is 0 Å². The minimum Gasteiger partial charge on any atom is -0.507 e. The van der Waals surface area contributed by atoms with Crippen LogP contribution in [-0.4, -0.2) is 57.5 Å². The van der Waals surface area contributed by atoms with Crippen LogP contribution in [0.5, 0.6) is 5.75 Å². The lowest BCUT2D eigenvalue weighted by Crippen LogP contribution is -2.59. The Morgan fingerprint density at radius 2 is 1.81 bits per heavy atom. The highest BCUT2D eigenvalue weighted by atomic mass is 16.3. The van der Waals surface area contributed by atoms with Crippen molar-refractivity contribution in [3.8, 4) is 16.9 Å². The highest BCUT2D eigenvalue weighted by Crippen LogP contribution is 2.28. The van der Waals surface area contributed by atoms with E-state index in [0.29, 0.717) is 24.5 Å². The van der Waals surface area contributed by atoms with Gasteiger partial charge in [-0.3, -0.25) is 4.90 Å². The standard InChI is InChI=1S/C20H26N4O2/c1-14(8-9-25)24-15(2)12-23(13-16(24)3)20-21-10-17(11-22-20)18-6-4-5-7-19(18)26/h4-7,9-11,14-16,26H,8,12-13H2,1-3H3. The van der Waals surface area contributed by atoms with Crippen LogP contribution in [0.1, 0.15) is 27.2 Å². The zero-order chi connectivity index (χ0) is 18.7. The van der Waals surface area contributed by atoms with E-state index in [1.165, 1.54) is 0 Å². The summed E-state index contributed by atoms with van der Waals surface area (Å²) in [6, 6.07) is 8.06. The Kier molecular flexibility index (Phi) is 5.52. The molecule has 2 aromatic rings. The molecule has 3 rings (SSSR count). The van der Waals surface area contributed by atoms with E-state index in [9.17, 15) is 9.90 Å². The van der Waals surface area contributed by atoms with E-state index in [1.54, 1.807) is 24.5 Å². The number of carbonyl (C=O) groups is 1. The van der Waals surface area contributed by atoms with Crippen LogP contribution in [0.25, 0.3) is 11.1 Å². The van der Waals surface area contributed by atoms with E-state index >= 15 is 0 Å². The van der Waals surface area contributed by atoms with Crippen LogP contribution in [0.4, 0.5) is 5.95 Å². The molecule has 6 heteroatoms. The summed E-state index contributed by atoms with van der Waals surface area (Å²) in [5.74, 6) is 0.925. The molecule has 1 saturated heterocycles. The first-order valence-electron chi connectivity index (χ1n) is 9.07. The molecule has 6 nitrogen and oxygen atoms in total. The first-order chi connectivity index (χ1) is 12.5. The largest absolute Gasteiger partial charge is 0.507 e. The monoisotopic (exact) mass is 354 g/mol. The third-order valence-electron chi connectivity index (χ3n) is 5.07. The molecule has 0 radical (unpaired) electrons. The Morgan fingerprint density at radius 3 is 2.38 bits per heavy atom. The van der Waals surface area contributed by atoms with Gasteiger partial charge in [-0.15, -0.1) is 0 Å². The van der Waals surface area contributed by atoms with E-state index in [2.05, 4.69) is 40.5 Å². The Labute approximate surface area is 154 Å². The van der Waals surface area contributed by atoms with Gasteiger partial charge in [0, 0.05) is 61.2 Å². The van der Waals surface area contributed by atoms with Gasteiger partial charge in [-0.05, 0) is 26.8 Å². The highest BCUT2D eigenvalue weighted by Gasteiger charge is 2.33. The average molecular weight is 354 g/mol. The number of aromatic hydroxyl groups is 1.